The van der Waals surface area contributed by atoms with Gasteiger partial charge >= 0.3 is 0 Å². The highest BCUT2D eigenvalue weighted by Gasteiger charge is 2.19. The van der Waals surface area contributed by atoms with Gasteiger partial charge in [0.2, 0.25) is 0 Å². The summed E-state index contributed by atoms with van der Waals surface area (Å²) in [7, 11) is 0. The highest BCUT2D eigenvalue weighted by molar-refractivity contribution is 5.99. The molecule has 0 atom stereocenters. The third-order valence-electron chi connectivity index (χ3n) is 3.66. The molecule has 3 aromatic heterocycles. The second kappa shape index (κ2) is 5.84. The Balaban J connectivity index is 2.30. The molecule has 3 rings (SSSR count). The van der Waals surface area contributed by atoms with E-state index in [0.717, 1.165) is 22.0 Å². The molecular formula is C18H17N5O. The molecule has 0 saturated heterocycles. The van der Waals surface area contributed by atoms with Gasteiger partial charge in [0.15, 0.2) is 0 Å². The summed E-state index contributed by atoms with van der Waals surface area (Å²) in [6.07, 6.45) is 5.17. The topological polar surface area (TPSA) is 90.5 Å². The molecule has 0 unspecified atom stereocenters. The molecule has 120 valence electrons. The van der Waals surface area contributed by atoms with Crippen LogP contribution in [0.2, 0.25) is 0 Å². The Kier molecular flexibility index (Phi) is 3.84. The van der Waals surface area contributed by atoms with Crippen molar-refractivity contribution in [1.82, 2.24) is 19.7 Å². The smallest absolute Gasteiger partial charge is 0.129 e. The summed E-state index contributed by atoms with van der Waals surface area (Å²) in [6.45, 7) is 5.89. The lowest BCUT2D eigenvalue weighted by Crippen LogP contribution is -2.14. The standard InChI is InChI=1S/C18H17N5O/c1-4-23-15(8-19)17(12-9-21-22-10-12)14-7-13(20-11-16(14)23)5-6-18(2,3)24/h7,9-11,24H,4H2,1-3H3,(H,21,22). The maximum Gasteiger partial charge on any atom is 0.129 e. The first-order chi connectivity index (χ1) is 11.4. The molecule has 6 nitrogen and oxygen atoms in total. The van der Waals surface area contributed by atoms with E-state index in [1.165, 1.54) is 0 Å². The minimum Gasteiger partial charge on any atom is -0.378 e. The highest BCUT2D eigenvalue weighted by Crippen LogP contribution is 2.34. The van der Waals surface area contributed by atoms with Crippen molar-refractivity contribution in [3.05, 3.63) is 36.0 Å². The summed E-state index contributed by atoms with van der Waals surface area (Å²) in [5.74, 6) is 5.65. The molecule has 0 aliphatic heterocycles. The molecule has 6 heteroatoms. The molecule has 0 amide bonds. The number of rotatable bonds is 2. The van der Waals surface area contributed by atoms with Gasteiger partial charge in [-0.1, -0.05) is 5.92 Å². The Hall–Kier alpha value is -3.09. The molecule has 0 saturated carbocycles. The second-order valence-electron chi connectivity index (χ2n) is 5.96. The van der Waals surface area contributed by atoms with Gasteiger partial charge in [0.05, 0.1) is 17.9 Å². The van der Waals surface area contributed by atoms with E-state index in [-0.39, 0.29) is 0 Å². The van der Waals surface area contributed by atoms with Crippen LogP contribution in [0.15, 0.2) is 24.7 Å². The van der Waals surface area contributed by atoms with Crippen molar-refractivity contribution in [2.45, 2.75) is 32.9 Å². The van der Waals surface area contributed by atoms with Gasteiger partial charge in [-0.05, 0) is 32.8 Å². The lowest BCUT2D eigenvalue weighted by Gasteiger charge is -2.05. The number of nitrogens with one attached hydrogen (secondary N) is 1. The lowest BCUT2D eigenvalue weighted by atomic mass is 10.1. The van der Waals surface area contributed by atoms with Gasteiger partial charge in [0.1, 0.15) is 23.1 Å². The summed E-state index contributed by atoms with van der Waals surface area (Å²) in [5.41, 5.74) is 2.57. The predicted molar refractivity (Wildman–Crippen MR) is 90.9 cm³/mol. The molecule has 3 heterocycles. The monoisotopic (exact) mass is 319 g/mol. The minimum atomic E-state index is -1.09. The number of aromatic amines is 1. The molecule has 3 aromatic rings. The van der Waals surface area contributed by atoms with Gasteiger partial charge in [-0.15, -0.1) is 0 Å². The van der Waals surface area contributed by atoms with Gasteiger partial charge in [0.25, 0.3) is 0 Å². The Labute approximate surface area is 139 Å². The van der Waals surface area contributed by atoms with Crippen molar-refractivity contribution >= 4 is 10.9 Å². The van der Waals surface area contributed by atoms with Crippen molar-refractivity contribution in [3.8, 4) is 29.0 Å². The predicted octanol–water partition coefficient (Wildman–Crippen LogP) is 2.44. The Morgan fingerprint density at radius 3 is 2.75 bits per heavy atom. The van der Waals surface area contributed by atoms with Crippen molar-refractivity contribution in [2.24, 2.45) is 0 Å². The van der Waals surface area contributed by atoms with Crippen LogP contribution in [-0.4, -0.2) is 30.5 Å². The highest BCUT2D eigenvalue weighted by atomic mass is 16.3. The van der Waals surface area contributed by atoms with E-state index in [2.05, 4.69) is 33.1 Å². The number of hydrogen-bond donors (Lipinski definition) is 2. The molecule has 0 radical (unpaired) electrons. The van der Waals surface area contributed by atoms with Gasteiger partial charge in [0, 0.05) is 29.3 Å². The molecule has 2 N–H and O–H groups in total. The minimum absolute atomic E-state index is 0.548. The van der Waals surface area contributed by atoms with Crippen LogP contribution in [0.1, 0.15) is 32.2 Å². The first-order valence-corrected chi connectivity index (χ1v) is 7.61. The fourth-order valence-electron chi connectivity index (χ4n) is 2.66. The van der Waals surface area contributed by atoms with Crippen LogP contribution < -0.4 is 0 Å². The molecule has 24 heavy (non-hydrogen) atoms. The van der Waals surface area contributed by atoms with E-state index < -0.39 is 5.60 Å². The van der Waals surface area contributed by atoms with Crippen LogP contribution in [-0.2, 0) is 6.54 Å². The average molecular weight is 319 g/mol. The summed E-state index contributed by atoms with van der Waals surface area (Å²) in [6, 6.07) is 4.14. The van der Waals surface area contributed by atoms with E-state index in [0.29, 0.717) is 17.9 Å². The molecule has 0 fully saturated rings. The van der Waals surface area contributed by atoms with E-state index in [9.17, 15) is 10.4 Å². The first-order valence-electron chi connectivity index (χ1n) is 7.61. The van der Waals surface area contributed by atoms with Crippen LogP contribution >= 0.6 is 0 Å². The molecule has 0 aromatic carbocycles. The fraction of sp³-hybridized carbons (Fsp3) is 0.278. The number of fused-ring (bicyclic) bond motifs is 1. The Bertz CT molecular complexity index is 989. The summed E-state index contributed by atoms with van der Waals surface area (Å²) in [5, 5.41) is 27.1. The number of pyridine rings is 1. The van der Waals surface area contributed by atoms with Gasteiger partial charge in [-0.3, -0.25) is 5.10 Å². The quantitative estimate of drug-likeness (QED) is 0.710. The van der Waals surface area contributed by atoms with Crippen LogP contribution in [0.25, 0.3) is 22.0 Å². The number of hydrogen-bond acceptors (Lipinski definition) is 4. The van der Waals surface area contributed by atoms with E-state index in [1.807, 2.05) is 17.6 Å². The van der Waals surface area contributed by atoms with Crippen LogP contribution in [0.5, 0.6) is 0 Å². The van der Waals surface area contributed by atoms with Crippen LogP contribution in [0.3, 0.4) is 0 Å². The molecule has 0 spiro atoms. The van der Waals surface area contributed by atoms with Gasteiger partial charge in [-0.25, -0.2) is 4.98 Å². The van der Waals surface area contributed by atoms with Crippen molar-refractivity contribution in [3.63, 3.8) is 0 Å². The lowest BCUT2D eigenvalue weighted by molar-refractivity contribution is 0.143. The summed E-state index contributed by atoms with van der Waals surface area (Å²) < 4.78 is 1.93. The summed E-state index contributed by atoms with van der Waals surface area (Å²) >= 11 is 0. The first kappa shape index (κ1) is 15.8. The number of nitrogens with zero attached hydrogens (tertiary/aromatic N) is 4. The maximum absolute atomic E-state index is 9.76. The number of nitriles is 1. The Morgan fingerprint density at radius 1 is 1.38 bits per heavy atom. The third-order valence-corrected chi connectivity index (χ3v) is 3.66. The van der Waals surface area contributed by atoms with Gasteiger partial charge in [-0.2, -0.15) is 10.4 Å². The van der Waals surface area contributed by atoms with Crippen molar-refractivity contribution in [2.75, 3.05) is 0 Å². The number of H-pyrrole nitrogens is 1. The van der Waals surface area contributed by atoms with Crippen LogP contribution in [0, 0.1) is 23.2 Å². The van der Waals surface area contributed by atoms with E-state index in [1.54, 1.807) is 32.4 Å². The van der Waals surface area contributed by atoms with Crippen LogP contribution in [0.4, 0.5) is 0 Å². The number of aryl methyl sites for hydroxylation is 1. The maximum atomic E-state index is 9.76. The summed E-state index contributed by atoms with van der Waals surface area (Å²) in [4.78, 5) is 4.35. The molecule has 0 bridgehead atoms. The zero-order valence-corrected chi connectivity index (χ0v) is 13.8. The van der Waals surface area contributed by atoms with E-state index >= 15 is 0 Å². The third kappa shape index (κ3) is 2.76. The average Bonchev–Trinajstić information content (AvgIpc) is 3.16. The Morgan fingerprint density at radius 2 is 2.17 bits per heavy atom. The van der Waals surface area contributed by atoms with Crippen molar-refractivity contribution < 1.29 is 5.11 Å². The van der Waals surface area contributed by atoms with Gasteiger partial charge < -0.3 is 9.67 Å². The number of aromatic nitrogens is 4. The fourth-order valence-corrected chi connectivity index (χ4v) is 2.66. The largest absolute Gasteiger partial charge is 0.378 e. The van der Waals surface area contributed by atoms with Crippen molar-refractivity contribution in [1.29, 1.82) is 5.26 Å². The second-order valence-corrected chi connectivity index (χ2v) is 5.96. The molecule has 0 aliphatic rings. The zero-order chi connectivity index (χ0) is 17.3. The molecule has 0 aliphatic carbocycles. The molecular weight excluding hydrogens is 302 g/mol. The van der Waals surface area contributed by atoms with E-state index in [4.69, 9.17) is 0 Å². The zero-order valence-electron chi connectivity index (χ0n) is 13.8. The normalized spacial score (nSPS) is 11.1. The number of aliphatic hydroxyl groups is 1. The SMILES string of the molecule is CCn1c(C#N)c(-c2cn[nH]c2)c2cc(C#CC(C)(C)O)ncc21.